The predicted octanol–water partition coefficient (Wildman–Crippen LogP) is 1.22. The van der Waals surface area contributed by atoms with Crippen molar-refractivity contribution < 1.29 is 8.87 Å². The molecule has 62 valence electrons. The number of terminal acetylenes is 1. The Morgan fingerprint density at radius 1 is 1.64 bits per heavy atom. The van der Waals surface area contributed by atoms with E-state index in [0.29, 0.717) is 23.1 Å². The Hall–Kier alpha value is -0.810. The van der Waals surface area contributed by atoms with Crippen LogP contribution in [0.1, 0.15) is 0 Å². The zero-order valence-electron chi connectivity index (χ0n) is 7.23. The average Bonchev–Trinajstić information content (AvgIpc) is 1.86. The van der Waals surface area contributed by atoms with Gasteiger partial charge in [-0.25, -0.2) is 4.39 Å². The molecule has 2 heteroatoms. The number of alkyl halides is 1. The van der Waals surface area contributed by atoms with Crippen LogP contribution in [0.4, 0.5) is 4.39 Å². The number of halogens is 1. The lowest BCUT2D eigenvalue weighted by Crippen LogP contribution is -2.41. The fourth-order valence-corrected chi connectivity index (χ4v) is 0.951. The van der Waals surface area contributed by atoms with Crippen LogP contribution in [0.5, 0.6) is 0 Å². The smallest absolute Gasteiger partial charge is 0.140 e. The minimum Gasteiger partial charge on any atom is -0.315 e. The zero-order valence-corrected chi connectivity index (χ0v) is 7.23. The normalized spacial score (nSPS) is 10.7. The van der Waals surface area contributed by atoms with Crippen molar-refractivity contribution in [2.24, 2.45) is 0 Å². The van der Waals surface area contributed by atoms with Crippen LogP contribution in [0.2, 0.25) is 0 Å². The molecule has 0 N–H and O–H groups in total. The highest BCUT2D eigenvalue weighted by Gasteiger charge is 2.14. The average molecular weight is 156 g/mol. The van der Waals surface area contributed by atoms with Crippen molar-refractivity contribution >= 4 is 0 Å². The molecule has 11 heavy (non-hydrogen) atoms. The van der Waals surface area contributed by atoms with Gasteiger partial charge in [0.15, 0.2) is 0 Å². The fourth-order valence-electron chi connectivity index (χ4n) is 0.951. The maximum Gasteiger partial charge on any atom is 0.140 e. The number of hydrogen-bond acceptors (Lipinski definition) is 0. The number of rotatable bonds is 4. The van der Waals surface area contributed by atoms with Gasteiger partial charge >= 0.3 is 0 Å². The lowest BCUT2D eigenvalue weighted by atomic mass is 10.3. The van der Waals surface area contributed by atoms with Gasteiger partial charge in [0, 0.05) is 5.57 Å². The third kappa shape index (κ3) is 4.58. The molecule has 1 nitrogen and oxygen atoms in total. The Kier molecular flexibility index (Phi) is 3.84. The Bertz CT molecular complexity index is 176. The van der Waals surface area contributed by atoms with Crippen LogP contribution in [0.25, 0.3) is 0 Å². The molecule has 0 heterocycles. The van der Waals surface area contributed by atoms with Crippen LogP contribution in [0.3, 0.4) is 0 Å². The Morgan fingerprint density at radius 3 is 2.55 bits per heavy atom. The topological polar surface area (TPSA) is 0 Å². The molecule has 0 saturated heterocycles. The first kappa shape index (κ1) is 10.2. The summed E-state index contributed by atoms with van der Waals surface area (Å²) in [6, 6.07) is 0. The van der Waals surface area contributed by atoms with Gasteiger partial charge in [-0.2, -0.15) is 0 Å². The Morgan fingerprint density at radius 2 is 2.18 bits per heavy atom. The summed E-state index contributed by atoms with van der Waals surface area (Å²) >= 11 is 0. The molecular formula is C9H15FN+. The molecule has 0 bridgehead atoms. The second-order valence-corrected chi connectivity index (χ2v) is 3.34. The molecule has 0 unspecified atom stereocenters. The molecule has 0 aliphatic heterocycles. The van der Waals surface area contributed by atoms with Gasteiger partial charge in [0.25, 0.3) is 0 Å². The summed E-state index contributed by atoms with van der Waals surface area (Å²) in [6.45, 7) is 4.35. The fraction of sp³-hybridized carbons (Fsp3) is 0.556. The summed E-state index contributed by atoms with van der Waals surface area (Å²) in [7, 11) is 3.92. The van der Waals surface area contributed by atoms with E-state index in [9.17, 15) is 4.39 Å². The second-order valence-electron chi connectivity index (χ2n) is 3.34. The van der Waals surface area contributed by atoms with Gasteiger partial charge in [0.05, 0.1) is 14.1 Å². The van der Waals surface area contributed by atoms with E-state index in [0.717, 1.165) is 0 Å². The second kappa shape index (κ2) is 4.15. The van der Waals surface area contributed by atoms with E-state index in [-0.39, 0.29) is 0 Å². The minimum atomic E-state index is -0.452. The first-order valence-corrected chi connectivity index (χ1v) is 3.50. The van der Waals surface area contributed by atoms with Crippen molar-refractivity contribution in [1.82, 2.24) is 0 Å². The molecule has 0 fully saturated rings. The summed E-state index contributed by atoms with van der Waals surface area (Å²) in [6.07, 6.45) is 5.14. The molecule has 0 atom stereocenters. The Labute approximate surface area is 68.1 Å². The van der Waals surface area contributed by atoms with Crippen molar-refractivity contribution in [3.8, 4) is 12.3 Å². The summed E-state index contributed by atoms with van der Waals surface area (Å²) in [5, 5.41) is 0. The van der Waals surface area contributed by atoms with Crippen LogP contribution < -0.4 is 0 Å². The van der Waals surface area contributed by atoms with E-state index in [1.807, 2.05) is 14.1 Å². The van der Waals surface area contributed by atoms with E-state index in [1.165, 1.54) is 0 Å². The molecule has 0 aromatic carbocycles. The van der Waals surface area contributed by atoms with E-state index < -0.39 is 6.67 Å². The number of nitrogens with zero attached hydrogens (tertiary/aromatic N) is 1. The molecule has 0 rings (SSSR count). The summed E-state index contributed by atoms with van der Waals surface area (Å²) < 4.78 is 12.6. The lowest BCUT2D eigenvalue weighted by molar-refractivity contribution is -0.878. The highest BCUT2D eigenvalue weighted by molar-refractivity contribution is 4.94. The van der Waals surface area contributed by atoms with Crippen molar-refractivity contribution in [1.29, 1.82) is 0 Å². The maximum atomic E-state index is 12.0. The standard InChI is InChI=1S/C9H15FN/c1-5-6-11(3,4)8-9(2)7-10/h1H,2,6-8H2,3-4H3/q+1. The van der Waals surface area contributed by atoms with Crippen molar-refractivity contribution in [3.05, 3.63) is 12.2 Å². The molecule has 0 aromatic rings. The molecular weight excluding hydrogens is 141 g/mol. The molecule has 0 radical (unpaired) electrons. The van der Waals surface area contributed by atoms with Gasteiger partial charge in [0.2, 0.25) is 0 Å². The van der Waals surface area contributed by atoms with Crippen LogP contribution in [0, 0.1) is 12.3 Å². The molecule has 0 aromatic heterocycles. The third-order valence-corrected chi connectivity index (χ3v) is 1.36. The van der Waals surface area contributed by atoms with Crippen molar-refractivity contribution in [2.75, 3.05) is 33.9 Å². The quantitative estimate of drug-likeness (QED) is 0.326. The molecule has 0 aliphatic rings. The van der Waals surface area contributed by atoms with Crippen molar-refractivity contribution in [2.45, 2.75) is 0 Å². The third-order valence-electron chi connectivity index (χ3n) is 1.36. The highest BCUT2D eigenvalue weighted by Crippen LogP contribution is 2.02. The SMILES string of the molecule is C#CC[N+](C)(C)CC(=C)CF. The largest absolute Gasteiger partial charge is 0.315 e. The summed E-state index contributed by atoms with van der Waals surface area (Å²) in [4.78, 5) is 0. The maximum absolute atomic E-state index is 12.0. The van der Waals surface area contributed by atoms with E-state index in [2.05, 4.69) is 12.5 Å². The van der Waals surface area contributed by atoms with E-state index >= 15 is 0 Å². The van der Waals surface area contributed by atoms with Crippen LogP contribution >= 0.6 is 0 Å². The first-order valence-electron chi connectivity index (χ1n) is 3.50. The highest BCUT2D eigenvalue weighted by atomic mass is 19.1. The van der Waals surface area contributed by atoms with Crippen LogP contribution in [0.15, 0.2) is 12.2 Å². The molecule has 0 spiro atoms. The van der Waals surface area contributed by atoms with Gasteiger partial charge in [-0.05, 0) is 5.92 Å². The summed E-state index contributed by atoms with van der Waals surface area (Å²) in [5.74, 6) is 2.55. The lowest BCUT2D eigenvalue weighted by Gasteiger charge is -2.27. The summed E-state index contributed by atoms with van der Waals surface area (Å²) in [5.41, 5.74) is 0.602. The zero-order chi connectivity index (χ0) is 8.91. The molecule has 0 saturated carbocycles. The van der Waals surface area contributed by atoms with Crippen LogP contribution in [-0.4, -0.2) is 38.3 Å². The molecule has 0 amide bonds. The van der Waals surface area contributed by atoms with E-state index in [1.54, 1.807) is 0 Å². The number of likely N-dealkylation sites (N-methyl/N-ethyl adjacent to an activating group) is 1. The van der Waals surface area contributed by atoms with Crippen molar-refractivity contribution in [3.63, 3.8) is 0 Å². The van der Waals surface area contributed by atoms with Gasteiger partial charge in [-0.3, -0.25) is 0 Å². The number of quaternary nitrogens is 1. The van der Waals surface area contributed by atoms with Crippen LogP contribution in [-0.2, 0) is 0 Å². The van der Waals surface area contributed by atoms with Gasteiger partial charge in [0.1, 0.15) is 19.8 Å². The van der Waals surface area contributed by atoms with Gasteiger partial charge in [-0.15, -0.1) is 6.42 Å². The first-order chi connectivity index (χ1) is 5.02. The monoisotopic (exact) mass is 156 g/mol. The van der Waals surface area contributed by atoms with Gasteiger partial charge in [-0.1, -0.05) is 6.58 Å². The van der Waals surface area contributed by atoms with Gasteiger partial charge < -0.3 is 4.48 Å². The predicted molar refractivity (Wildman–Crippen MR) is 45.8 cm³/mol. The Balaban J connectivity index is 3.92. The minimum absolute atomic E-state index is 0.452. The van der Waals surface area contributed by atoms with E-state index in [4.69, 9.17) is 6.42 Å². The molecule has 0 aliphatic carbocycles. The number of hydrogen-bond donors (Lipinski definition) is 0.